The molecule has 0 aromatic carbocycles. The highest BCUT2D eigenvalue weighted by Crippen LogP contribution is 2.27. The molecule has 0 bridgehead atoms. The number of carbonyl (C=O) groups excluding carboxylic acids is 2. The van der Waals surface area contributed by atoms with Crippen LogP contribution in [-0.4, -0.2) is 44.2 Å². The highest BCUT2D eigenvalue weighted by molar-refractivity contribution is 5.82. The summed E-state index contributed by atoms with van der Waals surface area (Å²) in [5, 5.41) is 2.94. The molecular weight excluding hydrogens is 306 g/mol. The van der Waals surface area contributed by atoms with Crippen LogP contribution in [0.1, 0.15) is 67.7 Å². The Morgan fingerprint density at radius 1 is 1.08 bits per heavy atom. The Morgan fingerprint density at radius 2 is 1.67 bits per heavy atom. The largest absolute Gasteiger partial charge is 0.379 e. The number of rotatable bonds is 13. The summed E-state index contributed by atoms with van der Waals surface area (Å²) in [6.45, 7) is 15.1. The molecule has 0 aliphatic carbocycles. The summed E-state index contributed by atoms with van der Waals surface area (Å²) in [4.78, 5) is 24.3. The first kappa shape index (κ1) is 23.1. The van der Waals surface area contributed by atoms with Gasteiger partial charge in [-0.05, 0) is 40.5 Å². The van der Waals surface area contributed by atoms with Crippen molar-refractivity contribution in [2.24, 2.45) is 10.8 Å². The molecule has 142 valence electrons. The topological polar surface area (TPSA) is 64.6 Å². The van der Waals surface area contributed by atoms with Crippen molar-refractivity contribution in [2.45, 2.75) is 73.8 Å². The molecule has 2 atom stereocenters. The zero-order valence-corrected chi connectivity index (χ0v) is 16.7. The van der Waals surface area contributed by atoms with Crippen molar-refractivity contribution in [1.82, 2.24) is 5.32 Å². The maximum atomic E-state index is 12.5. The van der Waals surface area contributed by atoms with Gasteiger partial charge in [-0.2, -0.15) is 0 Å². The van der Waals surface area contributed by atoms with E-state index in [0.29, 0.717) is 26.4 Å². The van der Waals surface area contributed by atoms with Crippen LogP contribution in [0.15, 0.2) is 0 Å². The first-order chi connectivity index (χ1) is 11.1. The second-order valence-electron chi connectivity index (χ2n) is 7.45. The summed E-state index contributed by atoms with van der Waals surface area (Å²) in [5.74, 6) is 0.107. The number of Topliss-reactive ketones (excluding diaryl/α,β-unsaturated/α-hetero) is 1. The van der Waals surface area contributed by atoms with E-state index >= 15 is 0 Å². The number of carbonyl (C=O) groups is 2. The molecule has 24 heavy (non-hydrogen) atoms. The van der Waals surface area contributed by atoms with Gasteiger partial charge in [-0.15, -0.1) is 0 Å². The summed E-state index contributed by atoms with van der Waals surface area (Å²) in [6, 6.07) is 0. The fourth-order valence-corrected chi connectivity index (χ4v) is 2.43. The monoisotopic (exact) mass is 343 g/mol. The fraction of sp³-hybridized carbons (Fsp3) is 0.895. The maximum absolute atomic E-state index is 12.5. The van der Waals surface area contributed by atoms with E-state index in [-0.39, 0.29) is 17.8 Å². The molecule has 0 fully saturated rings. The minimum Gasteiger partial charge on any atom is -0.379 e. The molecular formula is C19H37NO4. The van der Waals surface area contributed by atoms with E-state index < -0.39 is 10.8 Å². The van der Waals surface area contributed by atoms with Crippen LogP contribution in [0.25, 0.3) is 0 Å². The number of hydrogen-bond donors (Lipinski definition) is 1. The van der Waals surface area contributed by atoms with E-state index in [9.17, 15) is 9.59 Å². The molecule has 1 amide bonds. The third kappa shape index (κ3) is 7.75. The first-order valence-electron chi connectivity index (χ1n) is 9.10. The maximum Gasteiger partial charge on any atom is 0.228 e. The lowest BCUT2D eigenvalue weighted by atomic mass is 9.83. The third-order valence-corrected chi connectivity index (χ3v) is 4.66. The van der Waals surface area contributed by atoms with Crippen molar-refractivity contribution in [2.75, 3.05) is 26.4 Å². The minimum absolute atomic E-state index is 0.0160. The van der Waals surface area contributed by atoms with Gasteiger partial charge in [-0.1, -0.05) is 27.2 Å². The molecule has 5 heteroatoms. The molecule has 0 heterocycles. The average Bonchev–Trinajstić information content (AvgIpc) is 2.50. The summed E-state index contributed by atoms with van der Waals surface area (Å²) in [6.07, 6.45) is 2.52. The molecule has 0 aromatic heterocycles. The quantitative estimate of drug-likeness (QED) is 0.521. The standard InChI is InChI=1S/C19H37NO4/c1-8-10-19(7,17(22)20-11-12-24-15(3)4)14-23-13-18(6,9-2)16(5)21/h15H,8-14H2,1-7H3,(H,20,22). The van der Waals surface area contributed by atoms with Gasteiger partial charge in [0.2, 0.25) is 5.91 Å². The van der Waals surface area contributed by atoms with Crippen LogP contribution in [0.3, 0.4) is 0 Å². The first-order valence-corrected chi connectivity index (χ1v) is 9.10. The van der Waals surface area contributed by atoms with Crippen LogP contribution in [0.2, 0.25) is 0 Å². The summed E-state index contributed by atoms with van der Waals surface area (Å²) in [7, 11) is 0. The van der Waals surface area contributed by atoms with Gasteiger partial charge < -0.3 is 14.8 Å². The molecule has 1 N–H and O–H groups in total. The van der Waals surface area contributed by atoms with Crippen LogP contribution >= 0.6 is 0 Å². The molecule has 0 aliphatic rings. The van der Waals surface area contributed by atoms with Crippen LogP contribution in [-0.2, 0) is 19.1 Å². The molecule has 0 spiro atoms. The van der Waals surface area contributed by atoms with E-state index in [4.69, 9.17) is 9.47 Å². The van der Waals surface area contributed by atoms with Gasteiger partial charge in [0.1, 0.15) is 5.78 Å². The van der Waals surface area contributed by atoms with E-state index in [0.717, 1.165) is 19.3 Å². The van der Waals surface area contributed by atoms with E-state index in [1.54, 1.807) is 6.92 Å². The Labute approximate surface area is 147 Å². The molecule has 0 radical (unpaired) electrons. The van der Waals surface area contributed by atoms with Gasteiger partial charge >= 0.3 is 0 Å². The Balaban J connectivity index is 4.57. The number of amides is 1. The van der Waals surface area contributed by atoms with E-state index in [1.165, 1.54) is 0 Å². The Kier molecular flexibility index (Phi) is 10.4. The lowest BCUT2D eigenvalue weighted by Crippen LogP contribution is -2.44. The molecule has 2 unspecified atom stereocenters. The van der Waals surface area contributed by atoms with Crippen LogP contribution in [0.4, 0.5) is 0 Å². The lowest BCUT2D eigenvalue weighted by Gasteiger charge is -2.31. The van der Waals surface area contributed by atoms with Crippen LogP contribution < -0.4 is 5.32 Å². The van der Waals surface area contributed by atoms with Gasteiger partial charge in [-0.3, -0.25) is 9.59 Å². The van der Waals surface area contributed by atoms with E-state index in [1.807, 2.05) is 34.6 Å². The second-order valence-corrected chi connectivity index (χ2v) is 7.45. The predicted molar refractivity (Wildman–Crippen MR) is 97.0 cm³/mol. The van der Waals surface area contributed by atoms with Crippen molar-refractivity contribution < 1.29 is 19.1 Å². The highest BCUT2D eigenvalue weighted by Gasteiger charge is 2.34. The zero-order chi connectivity index (χ0) is 18.8. The highest BCUT2D eigenvalue weighted by atomic mass is 16.5. The molecule has 0 aliphatic heterocycles. The molecule has 0 saturated carbocycles. The van der Waals surface area contributed by atoms with Gasteiger partial charge in [0.15, 0.2) is 0 Å². The SMILES string of the molecule is CCCC(C)(COCC(C)(CC)C(C)=O)C(=O)NCCOC(C)C. The minimum atomic E-state index is -0.585. The van der Waals surface area contributed by atoms with Crippen molar-refractivity contribution in [3.05, 3.63) is 0 Å². The Bertz CT molecular complexity index is 397. The Morgan fingerprint density at radius 3 is 2.12 bits per heavy atom. The summed E-state index contributed by atoms with van der Waals surface area (Å²) < 4.78 is 11.3. The van der Waals surface area contributed by atoms with Crippen molar-refractivity contribution in [3.8, 4) is 0 Å². The molecule has 0 saturated heterocycles. The molecule has 0 aromatic rings. The van der Waals surface area contributed by atoms with Crippen LogP contribution in [0, 0.1) is 10.8 Å². The summed E-state index contributed by atoms with van der Waals surface area (Å²) >= 11 is 0. The fourth-order valence-electron chi connectivity index (χ4n) is 2.43. The average molecular weight is 344 g/mol. The predicted octanol–water partition coefficient (Wildman–Crippen LogP) is 3.36. The number of ketones is 1. The smallest absolute Gasteiger partial charge is 0.228 e. The normalized spacial score (nSPS) is 16.5. The second kappa shape index (κ2) is 10.8. The van der Waals surface area contributed by atoms with Crippen molar-refractivity contribution in [3.63, 3.8) is 0 Å². The zero-order valence-electron chi connectivity index (χ0n) is 16.7. The van der Waals surface area contributed by atoms with Gasteiger partial charge in [0, 0.05) is 12.0 Å². The summed E-state index contributed by atoms with van der Waals surface area (Å²) in [5.41, 5.74) is -1.06. The number of ether oxygens (including phenoxy) is 2. The van der Waals surface area contributed by atoms with Crippen molar-refractivity contribution in [1.29, 1.82) is 0 Å². The molecule has 5 nitrogen and oxygen atoms in total. The van der Waals surface area contributed by atoms with Crippen LogP contribution in [0.5, 0.6) is 0 Å². The third-order valence-electron chi connectivity index (χ3n) is 4.66. The number of nitrogens with one attached hydrogen (secondary N) is 1. The van der Waals surface area contributed by atoms with E-state index in [2.05, 4.69) is 12.2 Å². The van der Waals surface area contributed by atoms with Gasteiger partial charge in [0.25, 0.3) is 0 Å². The van der Waals surface area contributed by atoms with Gasteiger partial charge in [0.05, 0.1) is 31.3 Å². The number of hydrogen-bond acceptors (Lipinski definition) is 4. The van der Waals surface area contributed by atoms with Crippen molar-refractivity contribution >= 4 is 11.7 Å². The Hall–Kier alpha value is -0.940. The lowest BCUT2D eigenvalue weighted by molar-refractivity contribution is -0.137. The van der Waals surface area contributed by atoms with Gasteiger partial charge in [-0.25, -0.2) is 0 Å². The molecule has 0 rings (SSSR count).